The Labute approximate surface area is 95.1 Å². The minimum absolute atomic E-state index is 0.124. The molecule has 4 nitrogen and oxygen atoms in total. The van der Waals surface area contributed by atoms with E-state index in [9.17, 15) is 10.1 Å². The van der Waals surface area contributed by atoms with Crippen molar-refractivity contribution < 1.29 is 4.92 Å². The summed E-state index contributed by atoms with van der Waals surface area (Å²) >= 11 is 0. The molecule has 0 saturated carbocycles. The lowest BCUT2D eigenvalue weighted by atomic mass is 10.1. The van der Waals surface area contributed by atoms with Crippen molar-refractivity contribution in [2.75, 3.05) is 5.32 Å². The van der Waals surface area contributed by atoms with Crippen molar-refractivity contribution in [3.8, 4) is 0 Å². The molecule has 0 amide bonds. The first-order valence-corrected chi connectivity index (χ1v) is 5.17. The van der Waals surface area contributed by atoms with Crippen molar-refractivity contribution in [1.82, 2.24) is 0 Å². The molecular weight excluding hydrogens is 204 g/mol. The summed E-state index contributed by atoms with van der Waals surface area (Å²) < 4.78 is 0. The van der Waals surface area contributed by atoms with Crippen LogP contribution in [-0.2, 0) is 0 Å². The van der Waals surface area contributed by atoms with Crippen molar-refractivity contribution in [1.29, 1.82) is 0 Å². The lowest BCUT2D eigenvalue weighted by Crippen LogP contribution is -2.14. The van der Waals surface area contributed by atoms with Crippen LogP contribution in [0.15, 0.2) is 30.9 Å². The van der Waals surface area contributed by atoms with Gasteiger partial charge in [0.25, 0.3) is 5.69 Å². The standard InChI is InChI=1S/C12H16N2O2/c1-4-5-10(3)13-12-7-6-11(14(15)16)8-9(12)2/h4,6-8,10,13H,1,5H2,2-3H3. The van der Waals surface area contributed by atoms with Crippen LogP contribution in [0, 0.1) is 17.0 Å². The van der Waals surface area contributed by atoms with E-state index < -0.39 is 0 Å². The predicted octanol–water partition coefficient (Wildman–Crippen LogP) is 3.28. The van der Waals surface area contributed by atoms with Crippen LogP contribution >= 0.6 is 0 Å². The zero-order valence-electron chi connectivity index (χ0n) is 9.56. The third-order valence-corrected chi connectivity index (χ3v) is 2.34. The van der Waals surface area contributed by atoms with Gasteiger partial charge in [0, 0.05) is 23.9 Å². The van der Waals surface area contributed by atoms with Gasteiger partial charge in [-0.15, -0.1) is 6.58 Å². The number of nitro benzene ring substituents is 1. The van der Waals surface area contributed by atoms with Gasteiger partial charge < -0.3 is 5.32 Å². The predicted molar refractivity (Wildman–Crippen MR) is 65.7 cm³/mol. The number of hydrogen-bond donors (Lipinski definition) is 1. The fraction of sp³-hybridized carbons (Fsp3) is 0.333. The second-order valence-electron chi connectivity index (χ2n) is 3.83. The number of anilines is 1. The Morgan fingerprint density at radius 1 is 1.62 bits per heavy atom. The first-order valence-electron chi connectivity index (χ1n) is 5.17. The molecule has 0 aromatic heterocycles. The van der Waals surface area contributed by atoms with Gasteiger partial charge in [-0.1, -0.05) is 6.08 Å². The largest absolute Gasteiger partial charge is 0.382 e. The van der Waals surface area contributed by atoms with E-state index >= 15 is 0 Å². The van der Waals surface area contributed by atoms with Crippen LogP contribution in [0.3, 0.4) is 0 Å². The highest BCUT2D eigenvalue weighted by atomic mass is 16.6. The Morgan fingerprint density at radius 2 is 2.31 bits per heavy atom. The molecule has 1 rings (SSSR count). The van der Waals surface area contributed by atoms with Crippen LogP contribution in [0.2, 0.25) is 0 Å². The monoisotopic (exact) mass is 220 g/mol. The molecule has 1 N–H and O–H groups in total. The molecule has 86 valence electrons. The average Bonchev–Trinajstić information content (AvgIpc) is 2.21. The minimum Gasteiger partial charge on any atom is -0.382 e. The Hall–Kier alpha value is -1.84. The summed E-state index contributed by atoms with van der Waals surface area (Å²) in [6.45, 7) is 7.57. The van der Waals surface area contributed by atoms with Crippen molar-refractivity contribution >= 4 is 11.4 Å². The Balaban J connectivity index is 2.82. The molecule has 0 heterocycles. The lowest BCUT2D eigenvalue weighted by Gasteiger charge is -2.15. The van der Waals surface area contributed by atoms with Gasteiger partial charge in [0.1, 0.15) is 0 Å². The molecule has 1 unspecified atom stereocenters. The number of rotatable bonds is 5. The second kappa shape index (κ2) is 5.30. The maximum Gasteiger partial charge on any atom is 0.269 e. The fourth-order valence-electron chi connectivity index (χ4n) is 1.50. The number of nitro groups is 1. The molecule has 0 bridgehead atoms. The number of aryl methyl sites for hydroxylation is 1. The number of nitrogens with one attached hydrogen (secondary N) is 1. The van der Waals surface area contributed by atoms with Gasteiger partial charge in [0.05, 0.1) is 4.92 Å². The summed E-state index contributed by atoms with van der Waals surface area (Å²) in [6.07, 6.45) is 2.70. The molecule has 0 spiro atoms. The van der Waals surface area contributed by atoms with Gasteiger partial charge >= 0.3 is 0 Å². The Kier molecular flexibility index (Phi) is 4.05. The van der Waals surface area contributed by atoms with Crippen molar-refractivity contribution in [3.05, 3.63) is 46.5 Å². The third kappa shape index (κ3) is 3.08. The van der Waals surface area contributed by atoms with E-state index in [0.717, 1.165) is 17.7 Å². The number of nitrogens with zero attached hydrogens (tertiary/aromatic N) is 1. The van der Waals surface area contributed by atoms with Gasteiger partial charge in [0.2, 0.25) is 0 Å². The second-order valence-corrected chi connectivity index (χ2v) is 3.83. The van der Waals surface area contributed by atoms with E-state index in [-0.39, 0.29) is 16.7 Å². The normalized spacial score (nSPS) is 11.9. The summed E-state index contributed by atoms with van der Waals surface area (Å²) in [6, 6.07) is 5.10. The summed E-state index contributed by atoms with van der Waals surface area (Å²) in [5.74, 6) is 0. The van der Waals surface area contributed by atoms with Crippen LogP contribution in [0.5, 0.6) is 0 Å². The van der Waals surface area contributed by atoms with Crippen molar-refractivity contribution in [2.24, 2.45) is 0 Å². The number of benzene rings is 1. The molecule has 1 aromatic carbocycles. The molecule has 0 aliphatic carbocycles. The van der Waals surface area contributed by atoms with Gasteiger partial charge in [0.15, 0.2) is 0 Å². The van der Waals surface area contributed by atoms with Crippen LogP contribution in [0.25, 0.3) is 0 Å². The Bertz CT molecular complexity index is 402. The molecule has 0 aliphatic rings. The minimum atomic E-state index is -0.385. The van der Waals surface area contributed by atoms with E-state index in [4.69, 9.17) is 0 Å². The zero-order valence-corrected chi connectivity index (χ0v) is 9.56. The van der Waals surface area contributed by atoms with Gasteiger partial charge in [-0.3, -0.25) is 10.1 Å². The van der Waals surface area contributed by atoms with E-state index in [1.54, 1.807) is 12.1 Å². The maximum atomic E-state index is 10.6. The smallest absolute Gasteiger partial charge is 0.269 e. The highest BCUT2D eigenvalue weighted by Gasteiger charge is 2.08. The van der Waals surface area contributed by atoms with Crippen LogP contribution in [0.4, 0.5) is 11.4 Å². The summed E-state index contributed by atoms with van der Waals surface area (Å²) in [5, 5.41) is 13.8. The Morgan fingerprint density at radius 3 is 2.81 bits per heavy atom. The molecule has 1 atom stereocenters. The zero-order chi connectivity index (χ0) is 12.1. The fourth-order valence-corrected chi connectivity index (χ4v) is 1.50. The summed E-state index contributed by atoms with van der Waals surface area (Å²) in [5.41, 5.74) is 1.93. The van der Waals surface area contributed by atoms with Gasteiger partial charge in [-0.05, 0) is 31.9 Å². The quantitative estimate of drug-likeness (QED) is 0.470. The first-order chi connectivity index (χ1) is 7.54. The topological polar surface area (TPSA) is 55.2 Å². The lowest BCUT2D eigenvalue weighted by molar-refractivity contribution is -0.384. The molecule has 1 aromatic rings. The van der Waals surface area contributed by atoms with Crippen molar-refractivity contribution in [3.63, 3.8) is 0 Å². The van der Waals surface area contributed by atoms with Crippen LogP contribution in [0.1, 0.15) is 18.9 Å². The molecule has 0 aliphatic heterocycles. The SMILES string of the molecule is C=CCC(C)Nc1ccc([N+](=O)[O-])cc1C. The molecular formula is C12H16N2O2. The van der Waals surface area contributed by atoms with E-state index in [1.807, 2.05) is 19.9 Å². The van der Waals surface area contributed by atoms with Crippen LogP contribution < -0.4 is 5.32 Å². The summed E-state index contributed by atoms with van der Waals surface area (Å²) in [4.78, 5) is 10.2. The number of non-ortho nitro benzene ring substituents is 1. The van der Waals surface area contributed by atoms with Crippen LogP contribution in [-0.4, -0.2) is 11.0 Å². The highest BCUT2D eigenvalue weighted by Crippen LogP contribution is 2.22. The van der Waals surface area contributed by atoms with Crippen molar-refractivity contribution in [2.45, 2.75) is 26.3 Å². The van der Waals surface area contributed by atoms with E-state index in [2.05, 4.69) is 11.9 Å². The van der Waals surface area contributed by atoms with Gasteiger partial charge in [-0.25, -0.2) is 0 Å². The van der Waals surface area contributed by atoms with E-state index in [1.165, 1.54) is 6.07 Å². The summed E-state index contributed by atoms with van der Waals surface area (Å²) in [7, 11) is 0. The first kappa shape index (κ1) is 12.2. The van der Waals surface area contributed by atoms with E-state index in [0.29, 0.717) is 0 Å². The molecule has 0 saturated heterocycles. The number of hydrogen-bond acceptors (Lipinski definition) is 3. The average molecular weight is 220 g/mol. The van der Waals surface area contributed by atoms with Gasteiger partial charge in [-0.2, -0.15) is 0 Å². The molecule has 0 fully saturated rings. The third-order valence-electron chi connectivity index (χ3n) is 2.34. The molecule has 4 heteroatoms. The molecule has 16 heavy (non-hydrogen) atoms. The maximum absolute atomic E-state index is 10.6. The highest BCUT2D eigenvalue weighted by molar-refractivity contribution is 5.55. The molecule has 0 radical (unpaired) electrons.